The predicted octanol–water partition coefficient (Wildman–Crippen LogP) is 2.20. The molecule has 1 atom stereocenters. The van der Waals surface area contributed by atoms with Crippen molar-refractivity contribution in [2.24, 2.45) is 5.73 Å². The first-order valence-corrected chi connectivity index (χ1v) is 7.71. The zero-order valence-corrected chi connectivity index (χ0v) is 13.5. The van der Waals surface area contributed by atoms with Crippen LogP contribution in [0.4, 0.5) is 0 Å². The lowest BCUT2D eigenvalue weighted by molar-refractivity contribution is -0.127. The maximum atomic E-state index is 12.1. The van der Waals surface area contributed by atoms with E-state index in [0.717, 1.165) is 15.6 Å². The molecule has 0 aliphatic rings. The lowest BCUT2D eigenvalue weighted by Gasteiger charge is -2.16. The van der Waals surface area contributed by atoms with Crippen LogP contribution in [-0.4, -0.2) is 17.9 Å². The van der Waals surface area contributed by atoms with Gasteiger partial charge < -0.3 is 11.1 Å². The van der Waals surface area contributed by atoms with Crippen molar-refractivity contribution in [1.29, 1.82) is 0 Å². The SMILES string of the molecule is NC(=O)[C@@H](Cc1cccc(Br)c1)NC(=O)Cc1ccccc1. The number of halogens is 1. The van der Waals surface area contributed by atoms with Gasteiger partial charge in [-0.25, -0.2) is 0 Å². The first-order valence-electron chi connectivity index (χ1n) is 6.91. The van der Waals surface area contributed by atoms with Crippen LogP contribution in [-0.2, 0) is 22.4 Å². The van der Waals surface area contributed by atoms with Crippen molar-refractivity contribution < 1.29 is 9.59 Å². The Bertz CT molecular complexity index is 659. The number of primary amides is 1. The van der Waals surface area contributed by atoms with E-state index in [-0.39, 0.29) is 12.3 Å². The lowest BCUT2D eigenvalue weighted by Crippen LogP contribution is -2.46. The van der Waals surface area contributed by atoms with E-state index in [1.807, 2.05) is 54.6 Å². The van der Waals surface area contributed by atoms with E-state index in [2.05, 4.69) is 21.2 Å². The zero-order valence-electron chi connectivity index (χ0n) is 12.0. The normalized spacial score (nSPS) is 11.7. The van der Waals surface area contributed by atoms with Crippen LogP contribution >= 0.6 is 15.9 Å². The van der Waals surface area contributed by atoms with Crippen molar-refractivity contribution in [3.8, 4) is 0 Å². The fourth-order valence-corrected chi connectivity index (χ4v) is 2.60. The average molecular weight is 361 g/mol. The smallest absolute Gasteiger partial charge is 0.240 e. The third-order valence-electron chi connectivity index (χ3n) is 3.22. The lowest BCUT2D eigenvalue weighted by atomic mass is 10.0. The molecule has 0 saturated heterocycles. The Morgan fingerprint density at radius 2 is 1.73 bits per heavy atom. The molecule has 2 rings (SSSR count). The van der Waals surface area contributed by atoms with E-state index < -0.39 is 11.9 Å². The van der Waals surface area contributed by atoms with E-state index in [0.29, 0.717) is 6.42 Å². The van der Waals surface area contributed by atoms with Crippen LogP contribution in [0.5, 0.6) is 0 Å². The average Bonchev–Trinajstić information content (AvgIpc) is 2.47. The Labute approximate surface area is 137 Å². The predicted molar refractivity (Wildman–Crippen MR) is 89.1 cm³/mol. The second-order valence-corrected chi connectivity index (χ2v) is 5.93. The van der Waals surface area contributed by atoms with E-state index >= 15 is 0 Å². The minimum atomic E-state index is -0.717. The molecular weight excluding hydrogens is 344 g/mol. The van der Waals surface area contributed by atoms with Gasteiger partial charge in [-0.1, -0.05) is 58.4 Å². The number of carbonyl (C=O) groups excluding carboxylic acids is 2. The Morgan fingerprint density at radius 1 is 1.05 bits per heavy atom. The molecule has 0 fully saturated rings. The minimum absolute atomic E-state index is 0.218. The van der Waals surface area contributed by atoms with Gasteiger partial charge >= 0.3 is 0 Å². The molecule has 2 amide bonds. The van der Waals surface area contributed by atoms with Gasteiger partial charge in [0.2, 0.25) is 11.8 Å². The third kappa shape index (κ3) is 5.00. The topological polar surface area (TPSA) is 72.2 Å². The minimum Gasteiger partial charge on any atom is -0.368 e. The van der Waals surface area contributed by atoms with Gasteiger partial charge in [-0.3, -0.25) is 9.59 Å². The van der Waals surface area contributed by atoms with E-state index in [9.17, 15) is 9.59 Å². The molecule has 22 heavy (non-hydrogen) atoms. The van der Waals surface area contributed by atoms with Gasteiger partial charge in [0, 0.05) is 10.9 Å². The largest absolute Gasteiger partial charge is 0.368 e. The Kier molecular flexibility index (Phi) is 5.72. The summed E-state index contributed by atoms with van der Waals surface area (Å²) in [6, 6.07) is 16.2. The van der Waals surface area contributed by atoms with Gasteiger partial charge in [-0.15, -0.1) is 0 Å². The van der Waals surface area contributed by atoms with Crippen LogP contribution in [0.25, 0.3) is 0 Å². The summed E-state index contributed by atoms with van der Waals surface area (Å²) in [6.45, 7) is 0. The van der Waals surface area contributed by atoms with Crippen molar-refractivity contribution >= 4 is 27.7 Å². The number of carbonyl (C=O) groups is 2. The quantitative estimate of drug-likeness (QED) is 0.828. The molecule has 0 aliphatic heterocycles. The number of benzene rings is 2. The van der Waals surface area contributed by atoms with Crippen LogP contribution in [0.2, 0.25) is 0 Å². The molecule has 0 heterocycles. The van der Waals surface area contributed by atoms with Crippen molar-refractivity contribution in [2.45, 2.75) is 18.9 Å². The summed E-state index contributed by atoms with van der Waals surface area (Å²) in [6.07, 6.45) is 0.596. The molecule has 0 saturated carbocycles. The molecule has 4 nitrogen and oxygen atoms in total. The summed E-state index contributed by atoms with van der Waals surface area (Å²) in [4.78, 5) is 23.6. The highest BCUT2D eigenvalue weighted by Gasteiger charge is 2.18. The highest BCUT2D eigenvalue weighted by Crippen LogP contribution is 2.13. The van der Waals surface area contributed by atoms with Gasteiger partial charge in [0.15, 0.2) is 0 Å². The molecule has 0 spiro atoms. The molecular formula is C17H17BrN2O2. The van der Waals surface area contributed by atoms with Gasteiger partial charge in [0.25, 0.3) is 0 Å². The number of nitrogens with one attached hydrogen (secondary N) is 1. The first kappa shape index (κ1) is 16.2. The van der Waals surface area contributed by atoms with Gasteiger partial charge in [0.1, 0.15) is 6.04 Å². The number of hydrogen-bond donors (Lipinski definition) is 2. The summed E-state index contributed by atoms with van der Waals surface area (Å²) >= 11 is 3.38. The maximum absolute atomic E-state index is 12.1. The van der Waals surface area contributed by atoms with E-state index in [1.54, 1.807) is 0 Å². The number of rotatable bonds is 6. The van der Waals surface area contributed by atoms with Crippen molar-refractivity contribution in [1.82, 2.24) is 5.32 Å². The van der Waals surface area contributed by atoms with Crippen LogP contribution in [0.1, 0.15) is 11.1 Å². The summed E-state index contributed by atoms with van der Waals surface area (Å²) in [5.74, 6) is -0.758. The Balaban J connectivity index is 1.99. The van der Waals surface area contributed by atoms with Crippen LogP contribution in [0.15, 0.2) is 59.1 Å². The summed E-state index contributed by atoms with van der Waals surface area (Å²) in [7, 11) is 0. The Hall–Kier alpha value is -2.14. The van der Waals surface area contributed by atoms with Crippen LogP contribution < -0.4 is 11.1 Å². The standard InChI is InChI=1S/C17H17BrN2O2/c18-14-8-4-7-13(9-14)10-15(17(19)22)20-16(21)11-12-5-2-1-3-6-12/h1-9,15H,10-11H2,(H2,19,22)(H,20,21)/t15-/m1/s1. The van der Waals surface area contributed by atoms with Gasteiger partial charge in [0.05, 0.1) is 6.42 Å². The van der Waals surface area contributed by atoms with Crippen molar-refractivity contribution in [3.05, 3.63) is 70.2 Å². The fourth-order valence-electron chi connectivity index (χ4n) is 2.15. The molecule has 5 heteroatoms. The van der Waals surface area contributed by atoms with Gasteiger partial charge in [-0.05, 0) is 23.3 Å². The molecule has 3 N–H and O–H groups in total. The molecule has 0 radical (unpaired) electrons. The van der Waals surface area contributed by atoms with Crippen LogP contribution in [0, 0.1) is 0 Å². The highest BCUT2D eigenvalue weighted by molar-refractivity contribution is 9.10. The molecule has 0 unspecified atom stereocenters. The second-order valence-electron chi connectivity index (χ2n) is 5.02. The molecule has 0 aliphatic carbocycles. The molecule has 2 aromatic rings. The molecule has 114 valence electrons. The first-order chi connectivity index (χ1) is 10.5. The second kappa shape index (κ2) is 7.75. The summed E-state index contributed by atoms with van der Waals surface area (Å²) < 4.78 is 0.920. The molecule has 0 bridgehead atoms. The number of amides is 2. The van der Waals surface area contributed by atoms with Crippen LogP contribution in [0.3, 0.4) is 0 Å². The van der Waals surface area contributed by atoms with E-state index in [1.165, 1.54) is 0 Å². The van der Waals surface area contributed by atoms with E-state index in [4.69, 9.17) is 5.73 Å². The van der Waals surface area contributed by atoms with Gasteiger partial charge in [-0.2, -0.15) is 0 Å². The highest BCUT2D eigenvalue weighted by atomic mass is 79.9. The zero-order chi connectivity index (χ0) is 15.9. The summed E-state index contributed by atoms with van der Waals surface area (Å²) in [5, 5.41) is 2.70. The Morgan fingerprint density at radius 3 is 2.36 bits per heavy atom. The molecule has 0 aromatic heterocycles. The maximum Gasteiger partial charge on any atom is 0.240 e. The summed E-state index contributed by atoms with van der Waals surface area (Å²) in [5.41, 5.74) is 7.22. The third-order valence-corrected chi connectivity index (χ3v) is 3.71. The monoisotopic (exact) mass is 360 g/mol. The molecule has 2 aromatic carbocycles. The van der Waals surface area contributed by atoms with Crippen molar-refractivity contribution in [2.75, 3.05) is 0 Å². The number of hydrogen-bond acceptors (Lipinski definition) is 2. The fraction of sp³-hybridized carbons (Fsp3) is 0.176. The number of nitrogens with two attached hydrogens (primary N) is 1. The van der Waals surface area contributed by atoms with Crippen molar-refractivity contribution in [3.63, 3.8) is 0 Å².